The topological polar surface area (TPSA) is 94.6 Å². The lowest BCUT2D eigenvalue weighted by molar-refractivity contribution is 0.0587. The summed E-state index contributed by atoms with van der Waals surface area (Å²) < 4.78 is 9.40. The molecule has 1 amide bonds. The third kappa shape index (κ3) is 4.26. The van der Waals surface area contributed by atoms with Gasteiger partial charge in [0.25, 0.3) is 5.91 Å². The van der Waals surface area contributed by atoms with Crippen LogP contribution in [0.4, 0.5) is 5.69 Å². The van der Waals surface area contributed by atoms with Gasteiger partial charge < -0.3 is 14.8 Å². The Balaban J connectivity index is 2.36. The number of rotatable bonds is 4. The minimum atomic E-state index is -0.628. The first-order valence-electron chi connectivity index (χ1n) is 7.75. The van der Waals surface area contributed by atoms with Crippen LogP contribution in [0.2, 0.25) is 0 Å². The zero-order valence-electron chi connectivity index (χ0n) is 15.2. The molecule has 1 heterocycles. The van der Waals surface area contributed by atoms with Crippen molar-refractivity contribution in [1.29, 1.82) is 0 Å². The number of nitrogens with zero attached hydrogens (tertiary/aromatic N) is 1. The number of nitrogens with one attached hydrogen (secondary N) is 1. The average Bonchev–Trinajstić information content (AvgIpc) is 3.11. The molecular formula is C18H20N2O5S. The molecule has 2 aromatic rings. The Morgan fingerprint density at radius 3 is 2.27 bits per heavy atom. The molecule has 0 atom stereocenters. The monoisotopic (exact) mass is 376 g/mol. The molecular weight excluding hydrogens is 356 g/mol. The molecule has 1 N–H and O–H groups in total. The summed E-state index contributed by atoms with van der Waals surface area (Å²) >= 11 is 1.27. The highest BCUT2D eigenvalue weighted by molar-refractivity contribution is 7.13. The molecule has 0 unspecified atom stereocenters. The molecule has 0 bridgehead atoms. The van der Waals surface area contributed by atoms with E-state index in [1.54, 1.807) is 0 Å². The average molecular weight is 376 g/mol. The van der Waals surface area contributed by atoms with Gasteiger partial charge in [0, 0.05) is 5.41 Å². The number of anilines is 1. The first-order valence-corrected chi connectivity index (χ1v) is 8.57. The summed E-state index contributed by atoms with van der Waals surface area (Å²) in [6.07, 6.45) is 1.49. The SMILES string of the molecule is COC(=O)c1ccc(C(=O)OC)c(NC(=O)c2cnc(C(C)(C)C)s2)c1. The van der Waals surface area contributed by atoms with Crippen molar-refractivity contribution in [3.8, 4) is 0 Å². The van der Waals surface area contributed by atoms with Crippen LogP contribution in [0.1, 0.15) is 56.2 Å². The third-order valence-electron chi connectivity index (χ3n) is 3.47. The van der Waals surface area contributed by atoms with Crippen molar-refractivity contribution in [2.24, 2.45) is 0 Å². The predicted octanol–water partition coefficient (Wildman–Crippen LogP) is 3.27. The second kappa shape index (κ2) is 7.65. The maximum atomic E-state index is 12.6. The van der Waals surface area contributed by atoms with Gasteiger partial charge in [0.1, 0.15) is 4.88 Å². The number of carbonyl (C=O) groups excluding carboxylic acids is 3. The summed E-state index contributed by atoms with van der Waals surface area (Å²) in [7, 11) is 2.49. The van der Waals surface area contributed by atoms with E-state index in [0.29, 0.717) is 4.88 Å². The number of benzene rings is 1. The number of carbonyl (C=O) groups is 3. The van der Waals surface area contributed by atoms with E-state index in [0.717, 1.165) is 5.01 Å². The van der Waals surface area contributed by atoms with Crippen molar-refractivity contribution >= 4 is 34.9 Å². The highest BCUT2D eigenvalue weighted by atomic mass is 32.1. The van der Waals surface area contributed by atoms with E-state index in [2.05, 4.69) is 15.0 Å². The fourth-order valence-corrected chi connectivity index (χ4v) is 2.96. The normalized spacial score (nSPS) is 11.0. The molecule has 8 heteroatoms. The highest BCUT2D eigenvalue weighted by Gasteiger charge is 2.22. The minimum absolute atomic E-state index is 0.133. The van der Waals surface area contributed by atoms with Gasteiger partial charge in [-0.25, -0.2) is 14.6 Å². The summed E-state index contributed by atoms with van der Waals surface area (Å²) in [5, 5.41) is 3.47. The number of ether oxygens (including phenoxy) is 2. The van der Waals surface area contributed by atoms with Gasteiger partial charge in [-0.1, -0.05) is 20.8 Å². The van der Waals surface area contributed by atoms with E-state index in [1.165, 1.54) is 50.0 Å². The zero-order valence-corrected chi connectivity index (χ0v) is 16.0. The predicted molar refractivity (Wildman–Crippen MR) is 97.9 cm³/mol. The minimum Gasteiger partial charge on any atom is -0.465 e. The van der Waals surface area contributed by atoms with E-state index < -0.39 is 17.8 Å². The Bertz CT molecular complexity index is 852. The molecule has 7 nitrogen and oxygen atoms in total. The number of amides is 1. The number of aromatic nitrogens is 1. The number of hydrogen-bond acceptors (Lipinski definition) is 7. The smallest absolute Gasteiger partial charge is 0.339 e. The zero-order chi connectivity index (χ0) is 19.5. The number of hydrogen-bond donors (Lipinski definition) is 1. The van der Waals surface area contributed by atoms with Crippen LogP contribution in [0.5, 0.6) is 0 Å². The summed E-state index contributed by atoms with van der Waals surface area (Å²) in [5.41, 5.74) is 0.324. The van der Waals surface area contributed by atoms with Gasteiger partial charge >= 0.3 is 11.9 Å². The van der Waals surface area contributed by atoms with Gasteiger partial charge in [-0.15, -0.1) is 11.3 Å². The molecule has 0 saturated carbocycles. The Labute approximate surface area is 155 Å². The molecule has 0 aliphatic rings. The van der Waals surface area contributed by atoms with Gasteiger partial charge in [-0.3, -0.25) is 4.79 Å². The van der Waals surface area contributed by atoms with E-state index >= 15 is 0 Å². The summed E-state index contributed by atoms with van der Waals surface area (Å²) in [4.78, 5) is 40.9. The van der Waals surface area contributed by atoms with E-state index in [1.807, 2.05) is 20.8 Å². The molecule has 1 aromatic carbocycles. The van der Waals surface area contributed by atoms with Crippen LogP contribution in [-0.2, 0) is 14.9 Å². The Kier molecular flexibility index (Phi) is 5.76. The lowest BCUT2D eigenvalue weighted by Gasteiger charge is -2.13. The van der Waals surface area contributed by atoms with Gasteiger partial charge in [0.2, 0.25) is 0 Å². The maximum Gasteiger partial charge on any atom is 0.339 e. The van der Waals surface area contributed by atoms with Crippen LogP contribution in [-0.4, -0.2) is 37.0 Å². The summed E-state index contributed by atoms with van der Waals surface area (Å²) in [6, 6.07) is 4.21. The largest absolute Gasteiger partial charge is 0.465 e. The van der Waals surface area contributed by atoms with Gasteiger partial charge in [0.15, 0.2) is 0 Å². The van der Waals surface area contributed by atoms with Crippen LogP contribution in [0, 0.1) is 0 Å². The summed E-state index contributed by atoms with van der Waals surface area (Å²) in [6.45, 7) is 6.01. The second-order valence-corrected chi connectivity index (χ2v) is 7.51. The molecule has 0 fully saturated rings. The van der Waals surface area contributed by atoms with Crippen molar-refractivity contribution in [3.63, 3.8) is 0 Å². The van der Waals surface area contributed by atoms with E-state index in [-0.39, 0.29) is 22.2 Å². The number of esters is 2. The number of thiazole rings is 1. The van der Waals surface area contributed by atoms with Crippen LogP contribution in [0.25, 0.3) is 0 Å². The van der Waals surface area contributed by atoms with Gasteiger partial charge in [-0.2, -0.15) is 0 Å². The fourth-order valence-electron chi connectivity index (χ4n) is 2.09. The molecule has 0 saturated heterocycles. The van der Waals surface area contributed by atoms with Crippen LogP contribution < -0.4 is 5.32 Å². The standard InChI is InChI=1S/C18H20N2O5S/c1-18(2,3)17-19-9-13(26-17)14(21)20-12-8-10(15(22)24-4)6-7-11(12)16(23)25-5/h6-9H,1-5H3,(H,20,21). The van der Waals surface area contributed by atoms with Gasteiger partial charge in [-0.05, 0) is 18.2 Å². The maximum absolute atomic E-state index is 12.6. The first kappa shape index (κ1) is 19.6. The van der Waals surface area contributed by atoms with Gasteiger partial charge in [0.05, 0.1) is 42.2 Å². The Hall–Kier alpha value is -2.74. The van der Waals surface area contributed by atoms with Crippen molar-refractivity contribution in [2.75, 3.05) is 19.5 Å². The van der Waals surface area contributed by atoms with E-state index in [9.17, 15) is 14.4 Å². The second-order valence-electron chi connectivity index (χ2n) is 6.48. The molecule has 26 heavy (non-hydrogen) atoms. The Morgan fingerprint density at radius 2 is 1.73 bits per heavy atom. The van der Waals surface area contributed by atoms with Crippen LogP contribution in [0.3, 0.4) is 0 Å². The highest BCUT2D eigenvalue weighted by Crippen LogP contribution is 2.28. The number of methoxy groups -OCH3 is 2. The summed E-state index contributed by atoms with van der Waals surface area (Å²) in [5.74, 6) is -1.63. The van der Waals surface area contributed by atoms with Crippen molar-refractivity contribution in [3.05, 3.63) is 45.4 Å². The molecule has 0 aliphatic carbocycles. The fraction of sp³-hybridized carbons (Fsp3) is 0.333. The molecule has 1 aromatic heterocycles. The molecule has 0 spiro atoms. The van der Waals surface area contributed by atoms with Crippen molar-refractivity contribution in [2.45, 2.75) is 26.2 Å². The first-order chi connectivity index (χ1) is 12.2. The quantitative estimate of drug-likeness (QED) is 0.823. The van der Waals surface area contributed by atoms with Crippen LogP contribution >= 0.6 is 11.3 Å². The lowest BCUT2D eigenvalue weighted by atomic mass is 9.98. The lowest BCUT2D eigenvalue weighted by Crippen LogP contribution is -2.15. The molecule has 2 rings (SSSR count). The van der Waals surface area contributed by atoms with E-state index in [4.69, 9.17) is 4.74 Å². The Morgan fingerprint density at radius 1 is 1.08 bits per heavy atom. The van der Waals surface area contributed by atoms with Crippen molar-refractivity contribution in [1.82, 2.24) is 4.98 Å². The molecule has 0 radical (unpaired) electrons. The van der Waals surface area contributed by atoms with Crippen molar-refractivity contribution < 1.29 is 23.9 Å². The molecule has 138 valence electrons. The third-order valence-corrected chi connectivity index (χ3v) is 4.89. The molecule has 0 aliphatic heterocycles. The van der Waals surface area contributed by atoms with Crippen LogP contribution in [0.15, 0.2) is 24.4 Å².